The highest BCUT2D eigenvalue weighted by Gasteiger charge is 2.61. The van der Waals surface area contributed by atoms with Gasteiger partial charge < -0.3 is 0 Å². The van der Waals surface area contributed by atoms with Gasteiger partial charge >= 0.3 is 0 Å². The van der Waals surface area contributed by atoms with Crippen molar-refractivity contribution < 1.29 is 9.59 Å². The number of anilines is 1. The molecule has 23 heavy (non-hydrogen) atoms. The Morgan fingerprint density at radius 2 is 1.52 bits per heavy atom. The van der Waals surface area contributed by atoms with Gasteiger partial charge in [-0.1, -0.05) is 47.9 Å². The van der Waals surface area contributed by atoms with Crippen LogP contribution in [0.3, 0.4) is 0 Å². The molecule has 2 bridgehead atoms. The molecular weight excluding hydrogens is 286 g/mol. The highest BCUT2D eigenvalue weighted by atomic mass is 16.2. The van der Waals surface area contributed by atoms with Crippen molar-refractivity contribution in [2.75, 3.05) is 4.90 Å². The molecule has 1 aromatic rings. The van der Waals surface area contributed by atoms with Gasteiger partial charge in [-0.25, -0.2) is 4.90 Å². The van der Waals surface area contributed by atoms with E-state index in [0.717, 1.165) is 12.0 Å². The molecule has 0 radical (unpaired) electrons. The molecule has 3 nitrogen and oxygen atoms in total. The average molecular weight is 307 g/mol. The first-order valence-electron chi connectivity index (χ1n) is 8.37. The van der Waals surface area contributed by atoms with Crippen LogP contribution in [0.25, 0.3) is 0 Å². The van der Waals surface area contributed by atoms with E-state index in [9.17, 15) is 9.59 Å². The summed E-state index contributed by atoms with van der Waals surface area (Å²) >= 11 is 0. The summed E-state index contributed by atoms with van der Waals surface area (Å²) in [6.45, 7) is 6.27. The number of nitrogens with zero attached hydrogens (tertiary/aromatic N) is 1. The number of hydrogen-bond acceptors (Lipinski definition) is 2. The normalized spacial score (nSPS) is 31.3. The first-order chi connectivity index (χ1) is 11.0. The number of fused-ring (bicyclic) bond motifs is 5. The molecule has 1 saturated heterocycles. The summed E-state index contributed by atoms with van der Waals surface area (Å²) in [6, 6.07) is 7.64. The van der Waals surface area contributed by atoms with Gasteiger partial charge in [-0.05, 0) is 32.4 Å². The van der Waals surface area contributed by atoms with Crippen LogP contribution in [0.4, 0.5) is 5.69 Å². The van der Waals surface area contributed by atoms with Gasteiger partial charge in [0.15, 0.2) is 0 Å². The number of hydrogen-bond donors (Lipinski definition) is 0. The number of allylic oxidation sites excluding steroid dienone is 4. The SMILES string of the molecule is CCC(C)=C1[C@@H]2C=C[C@@H]1[C@H]1C(=O)N(c3ccc(C)cc3)C(=O)[C@@H]12. The maximum atomic E-state index is 13.0. The Bertz CT molecular complexity index is 722. The number of aryl methyl sites for hydroxylation is 1. The Morgan fingerprint density at radius 3 is 2.00 bits per heavy atom. The minimum Gasteiger partial charge on any atom is -0.274 e. The molecule has 1 saturated carbocycles. The Kier molecular flexibility index (Phi) is 3.09. The van der Waals surface area contributed by atoms with Crippen LogP contribution in [0.5, 0.6) is 0 Å². The van der Waals surface area contributed by atoms with Crippen LogP contribution in [0.2, 0.25) is 0 Å². The Balaban J connectivity index is 1.74. The smallest absolute Gasteiger partial charge is 0.238 e. The van der Waals surface area contributed by atoms with Gasteiger partial charge in [0.25, 0.3) is 0 Å². The number of benzene rings is 1. The molecule has 4 rings (SSSR count). The molecule has 0 aromatic heterocycles. The van der Waals surface area contributed by atoms with E-state index in [1.165, 1.54) is 16.0 Å². The lowest BCUT2D eigenvalue weighted by Gasteiger charge is -2.19. The van der Waals surface area contributed by atoms with Crippen molar-refractivity contribution in [2.45, 2.75) is 27.2 Å². The van der Waals surface area contributed by atoms with Crippen molar-refractivity contribution in [2.24, 2.45) is 23.7 Å². The van der Waals surface area contributed by atoms with Gasteiger partial charge in [0.1, 0.15) is 0 Å². The zero-order valence-electron chi connectivity index (χ0n) is 13.7. The van der Waals surface area contributed by atoms with Crippen LogP contribution >= 0.6 is 0 Å². The van der Waals surface area contributed by atoms with E-state index < -0.39 is 0 Å². The molecule has 4 atom stereocenters. The van der Waals surface area contributed by atoms with Crippen molar-refractivity contribution >= 4 is 17.5 Å². The minimum atomic E-state index is -0.199. The van der Waals surface area contributed by atoms with Gasteiger partial charge in [-0.2, -0.15) is 0 Å². The van der Waals surface area contributed by atoms with Crippen molar-refractivity contribution in [1.82, 2.24) is 0 Å². The third kappa shape index (κ3) is 1.82. The fraction of sp³-hybridized carbons (Fsp3) is 0.400. The lowest BCUT2D eigenvalue weighted by molar-refractivity contribution is -0.122. The highest BCUT2D eigenvalue weighted by molar-refractivity contribution is 6.23. The summed E-state index contributed by atoms with van der Waals surface area (Å²) in [4.78, 5) is 27.4. The van der Waals surface area contributed by atoms with Gasteiger partial charge in [0.05, 0.1) is 17.5 Å². The average Bonchev–Trinajstić information content (AvgIpc) is 3.18. The molecule has 0 unspecified atom stereocenters. The molecule has 2 fully saturated rings. The molecule has 2 aliphatic carbocycles. The topological polar surface area (TPSA) is 37.4 Å². The third-order valence-electron chi connectivity index (χ3n) is 5.73. The first kappa shape index (κ1) is 14.4. The summed E-state index contributed by atoms with van der Waals surface area (Å²) in [5, 5.41) is 0. The zero-order valence-corrected chi connectivity index (χ0v) is 13.7. The summed E-state index contributed by atoms with van der Waals surface area (Å²) < 4.78 is 0. The summed E-state index contributed by atoms with van der Waals surface area (Å²) in [5.41, 5.74) is 4.49. The maximum absolute atomic E-state index is 13.0. The minimum absolute atomic E-state index is 0.0258. The van der Waals surface area contributed by atoms with Gasteiger partial charge in [-0.15, -0.1) is 0 Å². The van der Waals surface area contributed by atoms with Crippen LogP contribution in [-0.4, -0.2) is 11.8 Å². The monoisotopic (exact) mass is 307 g/mol. The largest absolute Gasteiger partial charge is 0.274 e. The Morgan fingerprint density at radius 1 is 1.00 bits per heavy atom. The summed E-state index contributed by atoms with van der Waals surface area (Å²) in [7, 11) is 0. The number of carbonyl (C=O) groups excluding carboxylic acids is 2. The van der Waals surface area contributed by atoms with E-state index in [0.29, 0.717) is 5.69 Å². The first-order valence-corrected chi connectivity index (χ1v) is 8.37. The van der Waals surface area contributed by atoms with Gasteiger partial charge in [0, 0.05) is 11.8 Å². The fourth-order valence-electron chi connectivity index (χ4n) is 4.48. The number of imide groups is 1. The van der Waals surface area contributed by atoms with Gasteiger partial charge in [0.2, 0.25) is 11.8 Å². The predicted molar refractivity (Wildman–Crippen MR) is 89.8 cm³/mol. The number of amides is 2. The predicted octanol–water partition coefficient (Wildman–Crippen LogP) is 3.64. The quantitative estimate of drug-likeness (QED) is 0.618. The van der Waals surface area contributed by atoms with E-state index in [4.69, 9.17) is 0 Å². The maximum Gasteiger partial charge on any atom is 0.238 e. The van der Waals surface area contributed by atoms with E-state index in [-0.39, 0.29) is 35.5 Å². The highest BCUT2D eigenvalue weighted by Crippen LogP contribution is 2.57. The zero-order chi connectivity index (χ0) is 16.3. The molecule has 3 heteroatoms. The number of carbonyl (C=O) groups is 2. The fourth-order valence-corrected chi connectivity index (χ4v) is 4.48. The van der Waals surface area contributed by atoms with E-state index in [2.05, 4.69) is 26.0 Å². The third-order valence-corrected chi connectivity index (χ3v) is 5.73. The van der Waals surface area contributed by atoms with E-state index in [1.54, 1.807) is 0 Å². The summed E-state index contributed by atoms with van der Waals surface area (Å²) in [5.74, 6) is -0.205. The molecule has 3 aliphatic rings. The van der Waals surface area contributed by atoms with Crippen molar-refractivity contribution in [3.8, 4) is 0 Å². The van der Waals surface area contributed by atoms with E-state index in [1.807, 2.05) is 31.2 Å². The Hall–Kier alpha value is -2.16. The lowest BCUT2D eigenvalue weighted by Crippen LogP contribution is -2.33. The van der Waals surface area contributed by atoms with Crippen molar-refractivity contribution in [3.63, 3.8) is 0 Å². The molecule has 1 aromatic carbocycles. The molecular formula is C20H21NO2. The van der Waals surface area contributed by atoms with Crippen LogP contribution in [-0.2, 0) is 9.59 Å². The Labute approximate surface area is 136 Å². The van der Waals surface area contributed by atoms with E-state index >= 15 is 0 Å². The lowest BCUT2D eigenvalue weighted by atomic mass is 9.85. The summed E-state index contributed by atoms with van der Waals surface area (Å²) in [6.07, 6.45) is 5.27. The van der Waals surface area contributed by atoms with Crippen LogP contribution < -0.4 is 4.90 Å². The standard InChI is InChI=1S/C20H21NO2/c1-4-12(3)16-14-9-10-15(16)18-17(14)19(22)21(20(18)23)13-7-5-11(2)6-8-13/h5-10,14-15,17-18H,4H2,1-3H3/t14-,15-,17+,18+/m0/s1. The van der Waals surface area contributed by atoms with Crippen LogP contribution in [0.15, 0.2) is 47.6 Å². The molecule has 1 heterocycles. The second-order valence-electron chi connectivity index (χ2n) is 6.92. The molecule has 0 N–H and O–H groups in total. The van der Waals surface area contributed by atoms with Gasteiger partial charge in [-0.3, -0.25) is 9.59 Å². The van der Waals surface area contributed by atoms with Crippen LogP contribution in [0.1, 0.15) is 25.8 Å². The second-order valence-corrected chi connectivity index (χ2v) is 6.92. The molecule has 118 valence electrons. The molecule has 0 spiro atoms. The second kappa shape index (κ2) is 4.92. The molecule has 2 amide bonds. The van der Waals surface area contributed by atoms with Crippen LogP contribution in [0, 0.1) is 30.6 Å². The molecule has 1 aliphatic heterocycles. The number of rotatable bonds is 2. The van der Waals surface area contributed by atoms with Crippen molar-refractivity contribution in [3.05, 3.63) is 53.1 Å². The van der Waals surface area contributed by atoms with Crippen molar-refractivity contribution in [1.29, 1.82) is 0 Å².